The highest BCUT2D eigenvalue weighted by atomic mass is 27.2. The van der Waals surface area contributed by atoms with Gasteiger partial charge in [0.05, 0.1) is 0 Å². The van der Waals surface area contributed by atoms with Crippen molar-refractivity contribution >= 4 is 66.0 Å². The highest BCUT2D eigenvalue weighted by Gasteiger charge is 1.63. The lowest BCUT2D eigenvalue weighted by Crippen LogP contribution is -2.08. The SMILES string of the molecule is C[NH][AlH].[AlH][N]([AlH2])[AlH2]. The minimum atomic E-state index is 1.26. The summed E-state index contributed by atoms with van der Waals surface area (Å²) in [6, 6.07) is 0. The highest BCUT2D eigenvalue weighted by Crippen LogP contribution is 1.38. The molecule has 0 amide bonds. The van der Waals surface area contributed by atoms with E-state index in [1.165, 1.54) is 33.0 Å². The standard InChI is InChI=1S/CH4N.4Al.N.6H/c1-2;;;;;;;;;;;/h2H,1H3;;;;;;;;;;;/q-1;;;;+1;;;;;;;. The predicted octanol–water partition coefficient (Wildman–Crippen LogP) is -3.78. The molecule has 0 fully saturated rings. The zero-order valence-electron chi connectivity index (χ0n) is 5.36. The van der Waals surface area contributed by atoms with Crippen molar-refractivity contribution in [1.29, 1.82) is 0 Å². The molecular weight excluding hydrogens is 148 g/mol. The third-order valence-electron chi connectivity index (χ3n) is 0. The fourth-order valence-electron chi connectivity index (χ4n) is 0. The Morgan fingerprint density at radius 2 is 1.57 bits per heavy atom. The van der Waals surface area contributed by atoms with Gasteiger partial charge in [0.15, 0.2) is 0 Å². The van der Waals surface area contributed by atoms with Crippen molar-refractivity contribution in [1.82, 2.24) is 6.15 Å². The van der Waals surface area contributed by atoms with E-state index in [1.54, 1.807) is 16.5 Å². The van der Waals surface area contributed by atoms with Crippen molar-refractivity contribution in [3.05, 3.63) is 0 Å². The van der Waals surface area contributed by atoms with Gasteiger partial charge in [0.25, 0.3) is 49.5 Å². The lowest BCUT2D eigenvalue weighted by molar-refractivity contribution is 1.18. The van der Waals surface area contributed by atoms with E-state index in [0.29, 0.717) is 0 Å². The summed E-state index contributed by atoms with van der Waals surface area (Å²) in [6.45, 7) is 0. The third-order valence-corrected chi connectivity index (χ3v) is 0. The molecule has 1 N–H and O–H groups in total. The fraction of sp³-hybridized carbons (Fsp3) is 1.00. The number of hydrogen-bond acceptors (Lipinski definition) is 2. The second kappa shape index (κ2) is 10.9. The summed E-state index contributed by atoms with van der Waals surface area (Å²) in [4.78, 5) is 0. The normalized spacial score (nSPS) is 7.14. The summed E-state index contributed by atoms with van der Waals surface area (Å²) in [7, 11) is 1.89. The average molecular weight is 158 g/mol. The molecule has 0 aromatic carbocycles. The number of nitrogens with one attached hydrogen (secondary N) is 1. The van der Waals surface area contributed by atoms with Gasteiger partial charge in [-0.05, 0) is 7.05 Å². The van der Waals surface area contributed by atoms with Crippen molar-refractivity contribution < 1.29 is 0 Å². The van der Waals surface area contributed by atoms with Gasteiger partial charge in [-0.15, -0.1) is 0 Å². The Bertz CT molecular complexity index is 20.9. The van der Waals surface area contributed by atoms with E-state index in [1.807, 2.05) is 23.6 Å². The van der Waals surface area contributed by atoms with Crippen LogP contribution in [0.2, 0.25) is 0 Å². The van der Waals surface area contributed by atoms with Crippen molar-refractivity contribution in [2.24, 2.45) is 0 Å². The maximum Gasteiger partial charge on any atom is 0.290 e. The Balaban J connectivity index is 0. The van der Waals surface area contributed by atoms with Crippen molar-refractivity contribution in [3.8, 4) is 0 Å². The van der Waals surface area contributed by atoms with Crippen LogP contribution in [-0.4, -0.2) is 74.9 Å². The molecule has 0 aromatic rings. The maximum absolute atomic E-state index is 2.78. The topological polar surface area (TPSA) is 15.3 Å². The third kappa shape index (κ3) is 70.1. The maximum atomic E-state index is 2.78. The van der Waals surface area contributed by atoms with E-state index in [9.17, 15) is 0 Å². The Morgan fingerprint density at radius 1 is 1.57 bits per heavy atom. The molecule has 0 aliphatic heterocycles. The Kier molecular flexibility index (Phi) is 18.4. The molecule has 0 aliphatic rings. The molecule has 2 radical (unpaired) electrons. The first kappa shape index (κ1) is 11.8. The largest absolute Gasteiger partial charge is 0.580 e. The van der Waals surface area contributed by atoms with E-state index in [2.05, 4.69) is 6.15 Å². The quantitative estimate of drug-likeness (QED) is 0.364. The molecule has 0 unspecified atom stereocenters. The fourth-order valence-corrected chi connectivity index (χ4v) is 0. The number of hydrogen-bond donors (Lipinski definition) is 1. The van der Waals surface area contributed by atoms with Crippen molar-refractivity contribution in [2.45, 2.75) is 0 Å². The van der Waals surface area contributed by atoms with Gasteiger partial charge in [0, 0.05) is 0 Å². The summed E-state index contributed by atoms with van der Waals surface area (Å²) in [6.07, 6.45) is 0. The van der Waals surface area contributed by atoms with Crippen molar-refractivity contribution in [2.75, 3.05) is 7.05 Å². The van der Waals surface area contributed by atoms with Gasteiger partial charge < -0.3 is 6.15 Å². The molecule has 0 spiro atoms. The monoisotopic (exact) mass is 158 g/mol. The summed E-state index contributed by atoms with van der Waals surface area (Å²) < 4.78 is 5.08. The van der Waals surface area contributed by atoms with Crippen LogP contribution < -0.4 is 4.30 Å². The molecule has 0 saturated heterocycles. The lowest BCUT2D eigenvalue weighted by atomic mass is 11.6. The summed E-state index contributed by atoms with van der Waals surface area (Å²) in [5, 5.41) is 0. The molecule has 7 heavy (non-hydrogen) atoms. The lowest BCUT2D eigenvalue weighted by Gasteiger charge is -1.94. The van der Waals surface area contributed by atoms with Crippen LogP contribution in [0.5, 0.6) is 0 Å². The molecule has 0 aromatic heterocycles. The Morgan fingerprint density at radius 3 is 1.57 bits per heavy atom. The molecular formula is CH10Al4N2. The molecule has 0 saturated carbocycles. The van der Waals surface area contributed by atoms with E-state index < -0.39 is 0 Å². The summed E-state index contributed by atoms with van der Waals surface area (Å²) >= 11 is 6.20. The number of rotatable bonds is 0. The van der Waals surface area contributed by atoms with Gasteiger partial charge in [-0.25, -0.2) is 0 Å². The smallest absolute Gasteiger partial charge is 0.290 e. The second-order valence-electron chi connectivity index (χ2n) is 1.43. The zero-order valence-corrected chi connectivity index (χ0v) is 12.2. The van der Waals surface area contributed by atoms with E-state index in [-0.39, 0.29) is 0 Å². The van der Waals surface area contributed by atoms with Gasteiger partial charge in [0.1, 0.15) is 0 Å². The molecule has 0 bridgehead atoms. The van der Waals surface area contributed by atoms with Crippen LogP contribution in [0, 0.1) is 0 Å². The first-order chi connectivity index (χ1) is 3.15. The van der Waals surface area contributed by atoms with E-state index >= 15 is 0 Å². The van der Waals surface area contributed by atoms with Gasteiger partial charge >= 0.3 is 0 Å². The van der Waals surface area contributed by atoms with E-state index in [4.69, 9.17) is 0 Å². The molecule has 0 atom stereocenters. The molecule has 2 nitrogen and oxygen atoms in total. The molecule has 0 heterocycles. The van der Waals surface area contributed by atoms with Gasteiger partial charge in [-0.1, -0.05) is 0 Å². The second-order valence-corrected chi connectivity index (χ2v) is 10.8. The average Bonchev–Trinajstić information content (AvgIpc) is 1.33. The first-order valence-corrected chi connectivity index (χ1v) is 5.19. The first-order valence-electron chi connectivity index (χ1n) is 2.06. The molecule has 6 heteroatoms. The van der Waals surface area contributed by atoms with Gasteiger partial charge in [-0.2, -0.15) is 0 Å². The molecule has 36 valence electrons. The zero-order chi connectivity index (χ0) is 6.28. The van der Waals surface area contributed by atoms with Crippen LogP contribution in [0.25, 0.3) is 0 Å². The highest BCUT2D eigenvalue weighted by molar-refractivity contribution is 6.41. The Hall–Kier alpha value is 2.05. The van der Waals surface area contributed by atoms with Gasteiger partial charge in [-0.3, -0.25) is 0 Å². The van der Waals surface area contributed by atoms with Crippen molar-refractivity contribution in [3.63, 3.8) is 0 Å². The van der Waals surface area contributed by atoms with Crippen LogP contribution in [0.3, 0.4) is 0 Å². The minimum absolute atomic E-state index is 1.26. The van der Waals surface area contributed by atoms with E-state index in [0.717, 1.165) is 0 Å². The van der Waals surface area contributed by atoms with Crippen LogP contribution in [0.15, 0.2) is 0 Å². The van der Waals surface area contributed by atoms with Gasteiger partial charge in [0.2, 0.25) is 16.5 Å². The molecule has 0 aliphatic carbocycles. The summed E-state index contributed by atoms with van der Waals surface area (Å²) in [5.41, 5.74) is 0. The van der Waals surface area contributed by atoms with Crippen LogP contribution in [0.1, 0.15) is 0 Å². The van der Waals surface area contributed by atoms with Crippen LogP contribution >= 0.6 is 0 Å². The number of nitrogens with zero attached hydrogens (tertiary/aromatic N) is 1. The predicted molar refractivity (Wildman–Crippen MR) is 42.3 cm³/mol. The Labute approximate surface area is 78.6 Å². The summed E-state index contributed by atoms with van der Waals surface area (Å²) in [5.74, 6) is 0. The van der Waals surface area contributed by atoms with Crippen LogP contribution in [-0.2, 0) is 0 Å². The minimum Gasteiger partial charge on any atom is -0.580 e. The van der Waals surface area contributed by atoms with Crippen LogP contribution in [0.4, 0.5) is 0 Å². The molecule has 0 rings (SSSR count).